The van der Waals surface area contributed by atoms with Crippen LogP contribution in [0.15, 0.2) is 42.5 Å². The van der Waals surface area contributed by atoms with Crippen LogP contribution in [0.3, 0.4) is 0 Å². The van der Waals surface area contributed by atoms with Gasteiger partial charge in [-0.15, -0.1) is 0 Å². The normalized spacial score (nSPS) is 11.6. The summed E-state index contributed by atoms with van der Waals surface area (Å²) in [6.07, 6.45) is 0.555. The Balaban J connectivity index is 2.52. The minimum Gasteiger partial charge on any atom is -0.396 e. The lowest BCUT2D eigenvalue weighted by atomic mass is 9.92. The number of nitrogens with zero attached hydrogens (tertiary/aromatic N) is 1. The zero-order chi connectivity index (χ0) is 17.7. The number of hydrogen-bond donors (Lipinski definition) is 1. The average molecular weight is 323 g/mol. The van der Waals surface area contributed by atoms with E-state index < -0.39 is 5.82 Å². The number of carbonyl (C=O) groups excluding carboxylic acids is 1. The molecule has 0 heterocycles. The van der Waals surface area contributed by atoms with Gasteiger partial charge in [-0.2, -0.15) is 5.26 Å². The minimum atomic E-state index is -0.601. The van der Waals surface area contributed by atoms with Gasteiger partial charge in [-0.25, -0.2) is 4.39 Å². The second-order valence-corrected chi connectivity index (χ2v) is 5.53. The highest BCUT2D eigenvalue weighted by Crippen LogP contribution is 2.28. The lowest BCUT2D eigenvalue weighted by Crippen LogP contribution is -2.01. The summed E-state index contributed by atoms with van der Waals surface area (Å²) in [7, 11) is 0. The van der Waals surface area contributed by atoms with Crippen LogP contribution >= 0.6 is 0 Å². The van der Waals surface area contributed by atoms with E-state index in [-0.39, 0.29) is 18.0 Å². The van der Waals surface area contributed by atoms with Crippen LogP contribution in [0.5, 0.6) is 0 Å². The van der Waals surface area contributed by atoms with Gasteiger partial charge in [-0.1, -0.05) is 30.3 Å². The van der Waals surface area contributed by atoms with E-state index in [4.69, 9.17) is 10.4 Å². The van der Waals surface area contributed by atoms with Crippen LogP contribution in [0.4, 0.5) is 4.39 Å². The van der Waals surface area contributed by atoms with Gasteiger partial charge >= 0.3 is 0 Å². The molecule has 0 spiro atoms. The van der Waals surface area contributed by atoms with E-state index in [1.807, 2.05) is 24.3 Å². The number of nitriles is 1. The Morgan fingerprint density at radius 3 is 2.25 bits per heavy atom. The number of benzene rings is 2. The summed E-state index contributed by atoms with van der Waals surface area (Å²) >= 11 is 0. The Morgan fingerprint density at radius 1 is 1.12 bits per heavy atom. The van der Waals surface area contributed by atoms with Crippen molar-refractivity contribution >= 4 is 16.9 Å². The van der Waals surface area contributed by atoms with Gasteiger partial charge in [-0.3, -0.25) is 4.79 Å². The van der Waals surface area contributed by atoms with E-state index in [1.165, 1.54) is 19.1 Å². The quantitative estimate of drug-likeness (QED) is 0.673. The smallest absolute Gasteiger partial charge is 0.160 e. The van der Waals surface area contributed by atoms with Crippen LogP contribution in [0.25, 0.3) is 11.1 Å². The van der Waals surface area contributed by atoms with Gasteiger partial charge in [0.15, 0.2) is 5.78 Å². The fraction of sp³-hybridized carbons (Fsp3) is 0.200. The highest BCUT2D eigenvalue weighted by molar-refractivity contribution is 6.26. The molecular weight excluding hydrogens is 305 g/mol. The third-order valence-electron chi connectivity index (χ3n) is 3.89. The molecule has 0 bridgehead atoms. The highest BCUT2D eigenvalue weighted by atomic mass is 19.1. The Bertz CT molecular complexity index is 830. The molecule has 3 nitrogen and oxygen atoms in total. The Morgan fingerprint density at radius 2 is 1.75 bits per heavy atom. The molecule has 0 aromatic heterocycles. The van der Waals surface area contributed by atoms with Crippen molar-refractivity contribution in [2.24, 2.45) is 0 Å². The fourth-order valence-electron chi connectivity index (χ4n) is 2.63. The lowest BCUT2D eigenvalue weighted by molar-refractivity contribution is -0.111. The largest absolute Gasteiger partial charge is 0.396 e. The molecule has 0 fully saturated rings. The standard InChI is InChI=1S/C20H18FNO2/c1-13(17-7-8-18(12-22)19(21)11-17)20(14(2)24)16-5-3-15(4-6-16)9-10-23/h3-8,11,23H,9-10H2,1-2H3. The molecule has 0 saturated heterocycles. The Kier molecular flexibility index (Phi) is 5.62. The first-order chi connectivity index (χ1) is 11.5. The van der Waals surface area contributed by atoms with Crippen molar-refractivity contribution in [3.8, 4) is 6.07 Å². The van der Waals surface area contributed by atoms with Crippen molar-refractivity contribution < 1.29 is 14.3 Å². The molecule has 2 aromatic carbocycles. The third-order valence-corrected chi connectivity index (χ3v) is 3.89. The lowest BCUT2D eigenvalue weighted by Gasteiger charge is -2.12. The molecule has 2 aromatic rings. The third kappa shape index (κ3) is 3.76. The first-order valence-electron chi connectivity index (χ1n) is 7.60. The van der Waals surface area contributed by atoms with Crippen molar-refractivity contribution in [2.75, 3.05) is 6.61 Å². The Hall–Kier alpha value is -2.77. The van der Waals surface area contributed by atoms with Gasteiger partial charge in [0, 0.05) is 12.2 Å². The molecule has 122 valence electrons. The summed E-state index contributed by atoms with van der Waals surface area (Å²) in [5, 5.41) is 17.8. The molecule has 0 aliphatic rings. The fourth-order valence-corrected chi connectivity index (χ4v) is 2.63. The molecule has 0 saturated carbocycles. The second kappa shape index (κ2) is 7.67. The summed E-state index contributed by atoms with van der Waals surface area (Å²) < 4.78 is 13.9. The number of rotatable bonds is 5. The van der Waals surface area contributed by atoms with Crippen LogP contribution in [-0.4, -0.2) is 17.5 Å². The topological polar surface area (TPSA) is 61.1 Å². The van der Waals surface area contributed by atoms with Crippen molar-refractivity contribution in [1.29, 1.82) is 5.26 Å². The predicted octanol–water partition coefficient (Wildman–Crippen LogP) is 3.75. The van der Waals surface area contributed by atoms with Gasteiger partial charge < -0.3 is 5.11 Å². The number of hydrogen-bond acceptors (Lipinski definition) is 3. The van der Waals surface area contributed by atoms with Crippen molar-refractivity contribution in [2.45, 2.75) is 20.3 Å². The molecule has 4 heteroatoms. The maximum atomic E-state index is 13.9. The van der Waals surface area contributed by atoms with E-state index in [0.29, 0.717) is 23.1 Å². The van der Waals surface area contributed by atoms with Crippen molar-refractivity contribution in [1.82, 2.24) is 0 Å². The summed E-state index contributed by atoms with van der Waals surface area (Å²) in [6, 6.07) is 13.5. The van der Waals surface area contributed by atoms with Gasteiger partial charge in [0.05, 0.1) is 5.56 Å². The van der Waals surface area contributed by atoms with Gasteiger partial charge in [-0.05, 0) is 54.7 Å². The average Bonchev–Trinajstić information content (AvgIpc) is 2.56. The second-order valence-electron chi connectivity index (χ2n) is 5.53. The van der Waals surface area contributed by atoms with Crippen LogP contribution in [0.2, 0.25) is 0 Å². The first kappa shape index (κ1) is 17.6. The maximum absolute atomic E-state index is 13.9. The molecule has 0 amide bonds. The van der Waals surface area contributed by atoms with Gasteiger partial charge in [0.1, 0.15) is 11.9 Å². The molecule has 0 aliphatic heterocycles. The van der Waals surface area contributed by atoms with E-state index in [1.54, 1.807) is 19.1 Å². The van der Waals surface area contributed by atoms with E-state index in [0.717, 1.165) is 11.1 Å². The van der Waals surface area contributed by atoms with E-state index in [9.17, 15) is 9.18 Å². The molecule has 0 aliphatic carbocycles. The summed E-state index contributed by atoms with van der Waals surface area (Å²) in [4.78, 5) is 12.1. The number of aliphatic hydroxyl groups is 1. The van der Waals surface area contributed by atoms with Crippen LogP contribution in [-0.2, 0) is 11.2 Å². The molecule has 0 atom stereocenters. The number of aliphatic hydroxyl groups excluding tert-OH is 1. The molecule has 0 radical (unpaired) electrons. The van der Waals surface area contributed by atoms with Crippen molar-refractivity contribution in [3.63, 3.8) is 0 Å². The molecule has 2 rings (SSSR count). The number of ketones is 1. The first-order valence-corrected chi connectivity index (χ1v) is 7.60. The number of Topliss-reactive ketones (excluding diaryl/α,β-unsaturated/α-hetero) is 1. The van der Waals surface area contributed by atoms with E-state index in [2.05, 4.69) is 0 Å². The minimum absolute atomic E-state index is 0.0238. The molecule has 0 unspecified atom stereocenters. The molecule has 24 heavy (non-hydrogen) atoms. The summed E-state index contributed by atoms with van der Waals surface area (Å²) in [6.45, 7) is 3.30. The number of carbonyl (C=O) groups is 1. The number of allylic oxidation sites excluding steroid dienone is 2. The van der Waals surface area contributed by atoms with Gasteiger partial charge in [0.25, 0.3) is 0 Å². The van der Waals surface area contributed by atoms with Crippen LogP contribution in [0, 0.1) is 17.1 Å². The van der Waals surface area contributed by atoms with Crippen LogP contribution < -0.4 is 0 Å². The molecular formula is C20H18FNO2. The monoisotopic (exact) mass is 323 g/mol. The SMILES string of the molecule is CC(=O)C(=C(C)c1ccc(C#N)c(F)c1)c1ccc(CCO)cc1. The van der Waals surface area contributed by atoms with Crippen LogP contribution in [0.1, 0.15) is 36.1 Å². The summed E-state index contributed by atoms with van der Waals surface area (Å²) in [5.74, 6) is -0.720. The Labute approximate surface area is 140 Å². The summed E-state index contributed by atoms with van der Waals surface area (Å²) in [5.41, 5.74) is 3.42. The number of halogens is 1. The molecule has 1 N–H and O–H groups in total. The van der Waals surface area contributed by atoms with E-state index >= 15 is 0 Å². The zero-order valence-electron chi connectivity index (χ0n) is 13.6. The highest BCUT2D eigenvalue weighted by Gasteiger charge is 2.14. The zero-order valence-corrected chi connectivity index (χ0v) is 13.6. The van der Waals surface area contributed by atoms with Gasteiger partial charge in [0.2, 0.25) is 0 Å². The van der Waals surface area contributed by atoms with Crippen molar-refractivity contribution in [3.05, 3.63) is 70.5 Å². The predicted molar refractivity (Wildman–Crippen MR) is 91.5 cm³/mol. The maximum Gasteiger partial charge on any atom is 0.160 e.